The number of anilines is 1. The normalized spacial score (nSPS) is 9.85. The van der Waals surface area contributed by atoms with Gasteiger partial charge in [-0.15, -0.1) is 0 Å². The van der Waals surface area contributed by atoms with Gasteiger partial charge in [0.1, 0.15) is 0 Å². The molecular formula is C18H21N3O4S. The van der Waals surface area contributed by atoms with Gasteiger partial charge in [-0.3, -0.25) is 15.6 Å². The van der Waals surface area contributed by atoms with Gasteiger partial charge in [0.15, 0.2) is 16.6 Å². The summed E-state index contributed by atoms with van der Waals surface area (Å²) in [5, 5.41) is 3.25. The number of methoxy groups -OCH3 is 3. The lowest BCUT2D eigenvalue weighted by Crippen LogP contribution is -2.43. The van der Waals surface area contributed by atoms with Gasteiger partial charge < -0.3 is 19.5 Å². The van der Waals surface area contributed by atoms with Gasteiger partial charge in [0.05, 0.1) is 21.3 Å². The van der Waals surface area contributed by atoms with Crippen molar-refractivity contribution < 1.29 is 19.0 Å². The highest BCUT2D eigenvalue weighted by Gasteiger charge is 2.17. The lowest BCUT2D eigenvalue weighted by atomic mass is 10.1. The lowest BCUT2D eigenvalue weighted by molar-refractivity contribution is 0.0943. The van der Waals surface area contributed by atoms with Crippen LogP contribution in [0.25, 0.3) is 0 Å². The third kappa shape index (κ3) is 4.76. The molecule has 0 spiro atoms. The summed E-state index contributed by atoms with van der Waals surface area (Å²) >= 11 is 5.18. The molecule has 7 nitrogen and oxygen atoms in total. The maximum absolute atomic E-state index is 12.4. The zero-order chi connectivity index (χ0) is 19.1. The van der Waals surface area contributed by atoms with Crippen molar-refractivity contribution >= 4 is 28.9 Å². The largest absolute Gasteiger partial charge is 0.493 e. The highest BCUT2D eigenvalue weighted by molar-refractivity contribution is 7.80. The van der Waals surface area contributed by atoms with Gasteiger partial charge in [0.25, 0.3) is 5.91 Å². The highest BCUT2D eigenvalue weighted by atomic mass is 32.1. The molecule has 0 saturated carbocycles. The maximum Gasteiger partial charge on any atom is 0.269 e. The number of nitrogens with one attached hydrogen (secondary N) is 3. The molecule has 138 valence electrons. The third-order valence-electron chi connectivity index (χ3n) is 3.49. The first-order valence-electron chi connectivity index (χ1n) is 7.72. The second kappa shape index (κ2) is 8.91. The van der Waals surface area contributed by atoms with Crippen LogP contribution in [0.2, 0.25) is 0 Å². The van der Waals surface area contributed by atoms with E-state index in [0.717, 1.165) is 11.3 Å². The van der Waals surface area contributed by atoms with Crippen molar-refractivity contribution in [3.05, 3.63) is 47.5 Å². The fourth-order valence-corrected chi connectivity index (χ4v) is 2.45. The summed E-state index contributed by atoms with van der Waals surface area (Å²) in [7, 11) is 4.47. The average molecular weight is 375 g/mol. The molecule has 2 aromatic carbocycles. The fraction of sp³-hybridized carbons (Fsp3) is 0.222. The summed E-state index contributed by atoms with van der Waals surface area (Å²) in [5.41, 5.74) is 7.43. The van der Waals surface area contributed by atoms with E-state index in [-0.39, 0.29) is 5.11 Å². The number of benzene rings is 2. The minimum Gasteiger partial charge on any atom is -0.493 e. The second-order valence-corrected chi connectivity index (χ2v) is 5.72. The van der Waals surface area contributed by atoms with Crippen LogP contribution in [0.5, 0.6) is 17.2 Å². The Morgan fingerprint density at radius 2 is 1.62 bits per heavy atom. The molecule has 0 unspecified atom stereocenters. The van der Waals surface area contributed by atoms with Gasteiger partial charge in [-0.2, -0.15) is 0 Å². The molecule has 0 atom stereocenters. The Balaban J connectivity index is 2.04. The van der Waals surface area contributed by atoms with E-state index in [9.17, 15) is 4.79 Å². The van der Waals surface area contributed by atoms with E-state index in [4.69, 9.17) is 26.4 Å². The quantitative estimate of drug-likeness (QED) is 0.547. The summed E-state index contributed by atoms with van der Waals surface area (Å²) < 4.78 is 15.7. The summed E-state index contributed by atoms with van der Waals surface area (Å²) in [5.74, 6) is 0.781. The summed E-state index contributed by atoms with van der Waals surface area (Å²) in [6.45, 7) is 1.98. The molecule has 1 amide bonds. The molecule has 0 bridgehead atoms. The van der Waals surface area contributed by atoms with Crippen molar-refractivity contribution in [3.63, 3.8) is 0 Å². The zero-order valence-corrected chi connectivity index (χ0v) is 15.8. The Morgan fingerprint density at radius 3 is 2.15 bits per heavy atom. The molecule has 0 aromatic heterocycles. The Kier molecular flexibility index (Phi) is 6.62. The standard InChI is InChI=1S/C18H21N3O4S/c1-11-6-5-7-13(8-11)19-18(26)21-20-17(22)12-9-14(23-2)16(25-4)15(10-12)24-3/h5-10H,1-4H3,(H,20,22)(H2,19,21,26). The van der Waals surface area contributed by atoms with E-state index in [1.165, 1.54) is 21.3 Å². The molecular weight excluding hydrogens is 354 g/mol. The van der Waals surface area contributed by atoms with Gasteiger partial charge in [0, 0.05) is 11.3 Å². The first kappa shape index (κ1) is 19.3. The number of hydrogen-bond acceptors (Lipinski definition) is 5. The van der Waals surface area contributed by atoms with Crippen LogP contribution in [-0.2, 0) is 0 Å². The first-order valence-corrected chi connectivity index (χ1v) is 8.13. The molecule has 0 radical (unpaired) electrons. The number of aryl methyl sites for hydroxylation is 1. The molecule has 2 rings (SSSR count). The Morgan fingerprint density at radius 1 is 0.962 bits per heavy atom. The number of thiocarbonyl (C=S) groups is 1. The minimum absolute atomic E-state index is 0.261. The number of hydrogen-bond donors (Lipinski definition) is 3. The number of ether oxygens (including phenoxy) is 3. The van der Waals surface area contributed by atoms with Crippen molar-refractivity contribution in [1.82, 2.24) is 10.9 Å². The monoisotopic (exact) mass is 375 g/mol. The van der Waals surface area contributed by atoms with Crippen LogP contribution in [0.4, 0.5) is 5.69 Å². The zero-order valence-electron chi connectivity index (χ0n) is 15.0. The Hall–Kier alpha value is -3.00. The molecule has 3 N–H and O–H groups in total. The Bertz CT molecular complexity index is 786. The van der Waals surface area contributed by atoms with Crippen molar-refractivity contribution in [2.24, 2.45) is 0 Å². The number of rotatable bonds is 5. The van der Waals surface area contributed by atoms with Gasteiger partial charge in [-0.25, -0.2) is 0 Å². The van der Waals surface area contributed by atoms with Crippen LogP contribution in [0.3, 0.4) is 0 Å². The molecule has 2 aromatic rings. The van der Waals surface area contributed by atoms with Crippen LogP contribution < -0.4 is 30.4 Å². The van der Waals surface area contributed by atoms with Gasteiger partial charge >= 0.3 is 0 Å². The van der Waals surface area contributed by atoms with Gasteiger partial charge in [-0.05, 0) is 49.0 Å². The van der Waals surface area contributed by atoms with E-state index in [0.29, 0.717) is 22.8 Å². The number of amides is 1. The van der Waals surface area contributed by atoms with Crippen molar-refractivity contribution in [2.45, 2.75) is 6.92 Å². The SMILES string of the molecule is COc1cc(C(=O)NNC(=S)Nc2cccc(C)c2)cc(OC)c1OC. The number of carbonyl (C=O) groups is 1. The van der Waals surface area contributed by atoms with E-state index < -0.39 is 5.91 Å². The number of carbonyl (C=O) groups excluding carboxylic acids is 1. The predicted octanol–water partition coefficient (Wildman–Crippen LogP) is 2.65. The van der Waals surface area contributed by atoms with Crippen molar-refractivity contribution in [2.75, 3.05) is 26.6 Å². The lowest BCUT2D eigenvalue weighted by Gasteiger charge is -2.15. The smallest absolute Gasteiger partial charge is 0.269 e. The van der Waals surface area contributed by atoms with E-state index in [1.54, 1.807) is 12.1 Å². The Labute approximate surface area is 157 Å². The second-order valence-electron chi connectivity index (χ2n) is 5.32. The van der Waals surface area contributed by atoms with Crippen molar-refractivity contribution in [1.29, 1.82) is 0 Å². The highest BCUT2D eigenvalue weighted by Crippen LogP contribution is 2.38. The number of hydrazine groups is 1. The third-order valence-corrected chi connectivity index (χ3v) is 3.70. The minimum atomic E-state index is -0.405. The van der Waals surface area contributed by atoms with E-state index >= 15 is 0 Å². The van der Waals surface area contributed by atoms with E-state index in [1.807, 2.05) is 31.2 Å². The molecule has 0 saturated heterocycles. The summed E-state index contributed by atoms with van der Waals surface area (Å²) in [6.07, 6.45) is 0. The predicted molar refractivity (Wildman–Crippen MR) is 104 cm³/mol. The van der Waals surface area contributed by atoms with Gasteiger partial charge in [-0.1, -0.05) is 12.1 Å². The molecule has 0 aliphatic rings. The van der Waals surface area contributed by atoms with Crippen molar-refractivity contribution in [3.8, 4) is 17.2 Å². The maximum atomic E-state index is 12.4. The molecule has 0 heterocycles. The molecule has 0 aliphatic heterocycles. The van der Waals surface area contributed by atoms with Crippen LogP contribution in [0, 0.1) is 6.92 Å². The topological polar surface area (TPSA) is 80.9 Å². The summed E-state index contributed by atoms with van der Waals surface area (Å²) in [4.78, 5) is 12.4. The molecule has 0 aliphatic carbocycles. The molecule has 0 fully saturated rings. The average Bonchev–Trinajstić information content (AvgIpc) is 2.64. The molecule has 26 heavy (non-hydrogen) atoms. The van der Waals surface area contributed by atoms with Gasteiger partial charge in [0.2, 0.25) is 5.75 Å². The first-order chi connectivity index (χ1) is 12.5. The van der Waals surface area contributed by atoms with Crippen LogP contribution in [0.1, 0.15) is 15.9 Å². The summed E-state index contributed by atoms with van der Waals surface area (Å²) in [6, 6.07) is 10.8. The van der Waals surface area contributed by atoms with Crippen LogP contribution >= 0.6 is 12.2 Å². The fourth-order valence-electron chi connectivity index (χ4n) is 2.28. The van der Waals surface area contributed by atoms with Crippen LogP contribution in [0.15, 0.2) is 36.4 Å². The van der Waals surface area contributed by atoms with Crippen LogP contribution in [-0.4, -0.2) is 32.3 Å². The molecule has 8 heteroatoms. The van der Waals surface area contributed by atoms with E-state index in [2.05, 4.69) is 16.2 Å².